The maximum Gasteiger partial charge on any atom is 0.119 e. The van der Waals surface area contributed by atoms with Gasteiger partial charge in [-0.25, -0.2) is 0 Å². The van der Waals surface area contributed by atoms with Gasteiger partial charge in [0.1, 0.15) is 5.75 Å². The predicted molar refractivity (Wildman–Crippen MR) is 89.1 cm³/mol. The fourth-order valence-electron chi connectivity index (χ4n) is 4.79. The van der Waals surface area contributed by atoms with E-state index in [9.17, 15) is 5.11 Å². The average Bonchev–Trinajstić information content (AvgIpc) is 2.86. The second kappa shape index (κ2) is 5.86. The third kappa shape index (κ3) is 2.77. The van der Waals surface area contributed by atoms with Gasteiger partial charge in [-0.1, -0.05) is 12.5 Å². The van der Waals surface area contributed by atoms with Crippen molar-refractivity contribution in [3.05, 3.63) is 29.3 Å². The molecule has 2 bridgehead atoms. The van der Waals surface area contributed by atoms with Crippen LogP contribution in [0.5, 0.6) is 5.75 Å². The van der Waals surface area contributed by atoms with Crippen LogP contribution in [0.2, 0.25) is 0 Å². The first-order valence-electron chi connectivity index (χ1n) is 8.45. The standard InChI is InChI=1S/C19H29NO2/c1-13-7-16(10-17(8-13)22-4)19(21)11-14-5-6-15(9-14)18(19)12-20(2)3/h7-8,10,14-15,18,21H,5-6,9,11-12H2,1-4H3/t14-,15+,18-,19-/m0/s1. The van der Waals surface area contributed by atoms with E-state index in [1.807, 2.05) is 12.1 Å². The summed E-state index contributed by atoms with van der Waals surface area (Å²) < 4.78 is 5.44. The minimum Gasteiger partial charge on any atom is -0.497 e. The summed E-state index contributed by atoms with van der Waals surface area (Å²) in [7, 11) is 5.92. The van der Waals surface area contributed by atoms with E-state index in [0.717, 1.165) is 29.8 Å². The van der Waals surface area contributed by atoms with Gasteiger partial charge in [0.05, 0.1) is 12.7 Å². The zero-order chi connectivity index (χ0) is 15.9. The Morgan fingerprint density at radius 1 is 1.27 bits per heavy atom. The molecule has 122 valence electrons. The molecule has 0 saturated heterocycles. The van der Waals surface area contributed by atoms with Crippen molar-refractivity contribution in [1.82, 2.24) is 4.90 Å². The van der Waals surface area contributed by atoms with Crippen molar-refractivity contribution in [3.8, 4) is 5.75 Å². The van der Waals surface area contributed by atoms with E-state index in [4.69, 9.17) is 4.74 Å². The van der Waals surface area contributed by atoms with Crippen LogP contribution in [0.15, 0.2) is 18.2 Å². The van der Waals surface area contributed by atoms with Crippen molar-refractivity contribution in [2.45, 2.75) is 38.2 Å². The number of fused-ring (bicyclic) bond motifs is 2. The molecule has 0 spiro atoms. The van der Waals surface area contributed by atoms with Crippen molar-refractivity contribution in [2.24, 2.45) is 17.8 Å². The van der Waals surface area contributed by atoms with Gasteiger partial charge in [-0.15, -0.1) is 0 Å². The van der Waals surface area contributed by atoms with Gasteiger partial charge in [-0.3, -0.25) is 0 Å². The van der Waals surface area contributed by atoms with Gasteiger partial charge in [0, 0.05) is 12.5 Å². The molecule has 4 atom stereocenters. The van der Waals surface area contributed by atoms with E-state index < -0.39 is 5.60 Å². The largest absolute Gasteiger partial charge is 0.497 e. The molecule has 0 amide bonds. The fraction of sp³-hybridized carbons (Fsp3) is 0.684. The Balaban J connectivity index is 2.02. The molecule has 0 aliphatic heterocycles. The van der Waals surface area contributed by atoms with Crippen LogP contribution in [-0.2, 0) is 5.60 Å². The molecular formula is C19H29NO2. The molecule has 1 aromatic rings. The summed E-state index contributed by atoms with van der Waals surface area (Å²) in [5.41, 5.74) is 1.49. The van der Waals surface area contributed by atoms with Gasteiger partial charge >= 0.3 is 0 Å². The molecule has 3 nitrogen and oxygen atoms in total. The van der Waals surface area contributed by atoms with E-state index in [1.165, 1.54) is 19.3 Å². The van der Waals surface area contributed by atoms with Gasteiger partial charge in [0.2, 0.25) is 0 Å². The minimum absolute atomic E-state index is 0.313. The van der Waals surface area contributed by atoms with E-state index in [-0.39, 0.29) is 0 Å². The number of aliphatic hydroxyl groups is 1. The molecule has 2 aliphatic carbocycles. The number of rotatable bonds is 4. The first kappa shape index (κ1) is 15.8. The summed E-state index contributed by atoms with van der Waals surface area (Å²) >= 11 is 0. The molecule has 0 aromatic heterocycles. The molecular weight excluding hydrogens is 274 g/mol. The van der Waals surface area contributed by atoms with Gasteiger partial charge in [-0.2, -0.15) is 0 Å². The van der Waals surface area contributed by atoms with Crippen molar-refractivity contribution in [2.75, 3.05) is 27.7 Å². The molecule has 2 fully saturated rings. The molecule has 2 aliphatic rings. The Hall–Kier alpha value is -1.06. The highest BCUT2D eigenvalue weighted by Gasteiger charge is 2.51. The second-order valence-corrected chi connectivity index (χ2v) is 7.68. The van der Waals surface area contributed by atoms with Crippen molar-refractivity contribution in [3.63, 3.8) is 0 Å². The van der Waals surface area contributed by atoms with Gasteiger partial charge < -0.3 is 14.7 Å². The maximum absolute atomic E-state index is 11.7. The quantitative estimate of drug-likeness (QED) is 0.927. The van der Waals surface area contributed by atoms with Crippen LogP contribution in [0.25, 0.3) is 0 Å². The summed E-state index contributed by atoms with van der Waals surface area (Å²) in [5.74, 6) is 2.50. The highest BCUT2D eigenvalue weighted by Crippen LogP contribution is 2.54. The lowest BCUT2D eigenvalue weighted by Crippen LogP contribution is -2.47. The molecule has 3 heteroatoms. The Morgan fingerprint density at radius 3 is 2.73 bits per heavy atom. The van der Waals surface area contributed by atoms with Crippen LogP contribution in [0.3, 0.4) is 0 Å². The highest BCUT2D eigenvalue weighted by atomic mass is 16.5. The van der Waals surface area contributed by atoms with Gasteiger partial charge in [0.25, 0.3) is 0 Å². The lowest BCUT2D eigenvalue weighted by Gasteiger charge is -2.45. The third-order valence-electron chi connectivity index (χ3n) is 5.71. The normalized spacial score (nSPS) is 34.2. The minimum atomic E-state index is -0.715. The summed E-state index contributed by atoms with van der Waals surface area (Å²) in [6, 6.07) is 6.22. The fourth-order valence-corrected chi connectivity index (χ4v) is 4.79. The van der Waals surface area contributed by atoms with Crippen molar-refractivity contribution in [1.29, 1.82) is 0 Å². The topological polar surface area (TPSA) is 32.7 Å². The molecule has 0 radical (unpaired) electrons. The van der Waals surface area contributed by atoms with E-state index in [1.54, 1.807) is 7.11 Å². The average molecular weight is 303 g/mol. The molecule has 0 unspecified atom stereocenters. The summed E-state index contributed by atoms with van der Waals surface area (Å²) in [6.45, 7) is 3.03. The number of hydrogen-bond donors (Lipinski definition) is 1. The van der Waals surface area contributed by atoms with Crippen molar-refractivity contribution >= 4 is 0 Å². The van der Waals surface area contributed by atoms with Crippen LogP contribution < -0.4 is 4.74 Å². The SMILES string of the molecule is COc1cc(C)cc([C@@]2(O)C[C@H]3CC[C@H](C3)[C@@H]2CN(C)C)c1. The zero-order valence-electron chi connectivity index (χ0n) is 14.3. The molecule has 3 rings (SSSR count). The van der Waals surface area contributed by atoms with Crippen LogP contribution in [0.1, 0.15) is 36.8 Å². The van der Waals surface area contributed by atoms with E-state index in [0.29, 0.717) is 17.8 Å². The lowest BCUT2D eigenvalue weighted by molar-refractivity contribution is -0.0892. The molecule has 0 heterocycles. The van der Waals surface area contributed by atoms with E-state index >= 15 is 0 Å². The van der Waals surface area contributed by atoms with Crippen LogP contribution >= 0.6 is 0 Å². The van der Waals surface area contributed by atoms with Crippen LogP contribution in [0, 0.1) is 24.7 Å². The monoisotopic (exact) mass is 303 g/mol. The Bertz CT molecular complexity index is 542. The van der Waals surface area contributed by atoms with Gasteiger partial charge in [0.15, 0.2) is 0 Å². The first-order chi connectivity index (χ1) is 10.4. The summed E-state index contributed by atoms with van der Waals surface area (Å²) in [5, 5.41) is 11.7. The molecule has 1 N–H and O–H groups in total. The maximum atomic E-state index is 11.7. The third-order valence-corrected chi connectivity index (χ3v) is 5.71. The number of hydrogen-bond acceptors (Lipinski definition) is 3. The van der Waals surface area contributed by atoms with Gasteiger partial charge in [-0.05, 0) is 75.4 Å². The summed E-state index contributed by atoms with van der Waals surface area (Å²) in [4.78, 5) is 2.22. The number of methoxy groups -OCH3 is 1. The highest BCUT2D eigenvalue weighted by molar-refractivity contribution is 5.38. The Kier molecular flexibility index (Phi) is 4.21. The number of benzene rings is 1. The molecule has 2 saturated carbocycles. The Morgan fingerprint density at radius 2 is 2.05 bits per heavy atom. The van der Waals surface area contributed by atoms with Crippen LogP contribution in [0.4, 0.5) is 0 Å². The van der Waals surface area contributed by atoms with Crippen molar-refractivity contribution < 1.29 is 9.84 Å². The van der Waals surface area contributed by atoms with E-state index in [2.05, 4.69) is 32.0 Å². The predicted octanol–water partition coefficient (Wildman–Crippen LogP) is 3.19. The number of aryl methyl sites for hydroxylation is 1. The summed E-state index contributed by atoms with van der Waals surface area (Å²) in [6.07, 6.45) is 4.74. The Labute approximate surface area is 134 Å². The number of ether oxygens (including phenoxy) is 1. The first-order valence-corrected chi connectivity index (χ1v) is 8.45. The van der Waals surface area contributed by atoms with Crippen LogP contribution in [-0.4, -0.2) is 37.8 Å². The molecule has 22 heavy (non-hydrogen) atoms. The molecule has 1 aromatic carbocycles. The smallest absolute Gasteiger partial charge is 0.119 e. The number of nitrogens with zero attached hydrogens (tertiary/aromatic N) is 1. The zero-order valence-corrected chi connectivity index (χ0v) is 14.3. The lowest BCUT2D eigenvalue weighted by atomic mass is 9.65. The second-order valence-electron chi connectivity index (χ2n) is 7.68.